The van der Waals surface area contributed by atoms with Crippen LogP contribution in [0.2, 0.25) is 0 Å². The highest BCUT2D eigenvalue weighted by molar-refractivity contribution is 6.03. The molecule has 0 saturated carbocycles. The predicted octanol–water partition coefficient (Wildman–Crippen LogP) is 12.6. The van der Waals surface area contributed by atoms with Crippen molar-refractivity contribution in [2.75, 3.05) is 0 Å². The van der Waals surface area contributed by atoms with Gasteiger partial charge in [-0.15, -0.1) is 18.8 Å². The third-order valence-corrected chi connectivity index (χ3v) is 8.50. The number of aliphatic hydroxyl groups is 1. The molecule has 1 N–H and O–H groups in total. The van der Waals surface area contributed by atoms with Gasteiger partial charge in [0.2, 0.25) is 5.78 Å². The molecule has 0 amide bonds. The van der Waals surface area contributed by atoms with E-state index < -0.39 is 6.10 Å². The highest BCUT2D eigenvalue weighted by Crippen LogP contribution is 2.14. The lowest BCUT2D eigenvalue weighted by molar-refractivity contribution is -0.109. The average Bonchev–Trinajstić information content (AvgIpc) is 3.09. The van der Waals surface area contributed by atoms with Crippen LogP contribution in [0.1, 0.15) is 193 Å². The largest absolute Gasteiger partial charge is 0.369 e. The van der Waals surface area contributed by atoms with Crippen molar-refractivity contribution in [3.8, 4) is 48.4 Å². The van der Waals surface area contributed by atoms with Crippen LogP contribution in [0.15, 0.2) is 36.5 Å². The van der Waals surface area contributed by atoms with Crippen molar-refractivity contribution in [2.24, 2.45) is 0 Å². The number of carbonyl (C=O) groups excluding carboxylic acids is 1. The number of allylic oxidation sites excluding steroid dienone is 6. The van der Waals surface area contributed by atoms with E-state index in [1.807, 2.05) is 6.08 Å². The fourth-order valence-corrected chi connectivity index (χ4v) is 5.52. The Morgan fingerprint density at radius 1 is 0.458 bits per heavy atom. The van der Waals surface area contributed by atoms with Gasteiger partial charge in [0, 0.05) is 19.3 Å². The molecule has 2 heteroatoms. The van der Waals surface area contributed by atoms with Crippen molar-refractivity contribution in [1.29, 1.82) is 0 Å². The number of ketones is 1. The molecular weight excluding hydrogens is 585 g/mol. The standard InChI is InChI=1S/C46H70O2/c1-3-5-6-7-8-9-10-11-12-13-14-15-16-17-18-19-20-21-25-28-31-34-37-40-43-46(48)44-41-38-35-32-29-26-23-22-24-27-30-33-36-39-42-45(47)4-2/h1-2,21,23,25-26,39,42,46,48H,5-20,22,24,27-38H2. The van der Waals surface area contributed by atoms with E-state index in [0.717, 1.165) is 77.0 Å². The van der Waals surface area contributed by atoms with E-state index in [-0.39, 0.29) is 5.78 Å². The lowest BCUT2D eigenvalue weighted by Gasteiger charge is -2.03. The Balaban J connectivity index is 3.43. The Labute approximate surface area is 298 Å². The van der Waals surface area contributed by atoms with Gasteiger partial charge in [-0.3, -0.25) is 4.79 Å². The summed E-state index contributed by atoms with van der Waals surface area (Å²) in [6, 6.07) is 0. The SMILES string of the molecule is C#CCCCCCCCCCCCCCCCCC=CCCCCC#CC(O)C#CCCCCC=CCCCCCCC=CC(=O)C#C. The molecule has 0 saturated heterocycles. The van der Waals surface area contributed by atoms with E-state index >= 15 is 0 Å². The summed E-state index contributed by atoms with van der Waals surface area (Å²) in [6.45, 7) is 0. The van der Waals surface area contributed by atoms with E-state index in [1.165, 1.54) is 122 Å². The third-order valence-electron chi connectivity index (χ3n) is 8.50. The minimum Gasteiger partial charge on any atom is -0.369 e. The molecule has 48 heavy (non-hydrogen) atoms. The van der Waals surface area contributed by atoms with E-state index in [0.29, 0.717) is 0 Å². The van der Waals surface area contributed by atoms with Gasteiger partial charge in [0.15, 0.2) is 6.10 Å². The van der Waals surface area contributed by atoms with Crippen molar-refractivity contribution in [2.45, 2.75) is 199 Å². The topological polar surface area (TPSA) is 37.3 Å². The van der Waals surface area contributed by atoms with Crippen LogP contribution in [0.3, 0.4) is 0 Å². The van der Waals surface area contributed by atoms with E-state index in [9.17, 15) is 9.90 Å². The Hall–Kier alpha value is -2.91. The van der Waals surface area contributed by atoms with Gasteiger partial charge in [-0.25, -0.2) is 0 Å². The molecule has 0 bridgehead atoms. The van der Waals surface area contributed by atoms with Gasteiger partial charge in [-0.2, -0.15) is 0 Å². The number of carbonyl (C=O) groups is 1. The van der Waals surface area contributed by atoms with Crippen molar-refractivity contribution < 1.29 is 9.90 Å². The van der Waals surface area contributed by atoms with Crippen molar-refractivity contribution in [3.05, 3.63) is 36.5 Å². The zero-order valence-electron chi connectivity index (χ0n) is 30.8. The van der Waals surface area contributed by atoms with Crippen LogP contribution in [0.4, 0.5) is 0 Å². The predicted molar refractivity (Wildman–Crippen MR) is 210 cm³/mol. The van der Waals surface area contributed by atoms with Gasteiger partial charge in [-0.1, -0.05) is 144 Å². The molecule has 0 aliphatic heterocycles. The van der Waals surface area contributed by atoms with E-state index in [4.69, 9.17) is 12.8 Å². The lowest BCUT2D eigenvalue weighted by atomic mass is 10.0. The molecule has 0 radical (unpaired) electrons. The zero-order chi connectivity index (χ0) is 34.9. The molecule has 0 spiro atoms. The first-order valence-electron chi connectivity index (χ1n) is 19.8. The summed E-state index contributed by atoms with van der Waals surface area (Å²) in [4.78, 5) is 11.0. The maximum Gasteiger partial charge on any atom is 0.228 e. The normalized spacial score (nSPS) is 11.6. The molecule has 0 aromatic heterocycles. The minimum absolute atomic E-state index is 0.248. The minimum atomic E-state index is -0.818. The van der Waals surface area contributed by atoms with Crippen molar-refractivity contribution in [3.63, 3.8) is 0 Å². The fraction of sp³-hybridized carbons (Fsp3) is 0.674. The summed E-state index contributed by atoms with van der Waals surface area (Å²) in [5, 5.41) is 9.97. The van der Waals surface area contributed by atoms with Gasteiger partial charge >= 0.3 is 0 Å². The molecule has 0 aliphatic rings. The number of rotatable bonds is 32. The van der Waals surface area contributed by atoms with Crippen LogP contribution in [0, 0.1) is 48.4 Å². The molecule has 0 aliphatic carbocycles. The van der Waals surface area contributed by atoms with Crippen molar-refractivity contribution in [1.82, 2.24) is 0 Å². The second-order valence-electron chi connectivity index (χ2n) is 13.1. The molecule has 1 unspecified atom stereocenters. The van der Waals surface area contributed by atoms with Gasteiger partial charge in [-0.05, 0) is 95.5 Å². The quantitative estimate of drug-likeness (QED) is 0.0258. The zero-order valence-corrected chi connectivity index (χ0v) is 30.8. The summed E-state index contributed by atoms with van der Waals surface area (Å²) in [7, 11) is 0. The molecule has 0 aromatic rings. The maximum absolute atomic E-state index is 11.0. The van der Waals surface area contributed by atoms with Crippen LogP contribution < -0.4 is 0 Å². The number of terminal acetylenes is 2. The highest BCUT2D eigenvalue weighted by Gasteiger charge is 1.95. The third kappa shape index (κ3) is 39.3. The molecule has 0 rings (SSSR count). The highest BCUT2D eigenvalue weighted by atomic mass is 16.3. The van der Waals surface area contributed by atoms with Crippen LogP contribution in [-0.4, -0.2) is 17.0 Å². The monoisotopic (exact) mass is 655 g/mol. The Kier molecular flexibility index (Phi) is 37.8. The first kappa shape index (κ1) is 45.1. The van der Waals surface area contributed by atoms with Crippen LogP contribution in [0.5, 0.6) is 0 Å². The van der Waals surface area contributed by atoms with Gasteiger partial charge in [0.1, 0.15) is 0 Å². The number of aliphatic hydroxyl groups excluding tert-OH is 1. The van der Waals surface area contributed by atoms with Crippen LogP contribution in [0.25, 0.3) is 0 Å². The van der Waals surface area contributed by atoms with E-state index in [1.54, 1.807) is 0 Å². The summed E-state index contributed by atoms with van der Waals surface area (Å²) >= 11 is 0. The molecule has 266 valence electrons. The Morgan fingerprint density at radius 3 is 1.15 bits per heavy atom. The fourth-order valence-electron chi connectivity index (χ4n) is 5.52. The summed E-state index contributed by atoms with van der Waals surface area (Å²) in [6.07, 6.45) is 58.6. The molecule has 1 atom stereocenters. The number of unbranched alkanes of at least 4 members (excludes halogenated alkanes) is 26. The van der Waals surface area contributed by atoms with Crippen LogP contribution >= 0.6 is 0 Å². The van der Waals surface area contributed by atoms with Gasteiger partial charge < -0.3 is 5.11 Å². The smallest absolute Gasteiger partial charge is 0.228 e. The van der Waals surface area contributed by atoms with Gasteiger partial charge in [0.25, 0.3) is 0 Å². The van der Waals surface area contributed by atoms with Crippen LogP contribution in [-0.2, 0) is 4.79 Å². The first-order chi connectivity index (χ1) is 23.7. The van der Waals surface area contributed by atoms with Crippen molar-refractivity contribution >= 4 is 5.78 Å². The number of hydrogen-bond acceptors (Lipinski definition) is 2. The molecule has 0 heterocycles. The lowest BCUT2D eigenvalue weighted by Crippen LogP contribution is -1.97. The molecule has 0 fully saturated rings. The molecule has 2 nitrogen and oxygen atoms in total. The second kappa shape index (κ2) is 40.3. The molecular formula is C46H70O2. The number of hydrogen-bond donors (Lipinski definition) is 1. The Morgan fingerprint density at radius 2 is 0.771 bits per heavy atom. The second-order valence-corrected chi connectivity index (χ2v) is 13.1. The summed E-state index contributed by atoms with van der Waals surface area (Å²) < 4.78 is 0. The Bertz CT molecular complexity index is 1020. The van der Waals surface area contributed by atoms with E-state index in [2.05, 4.69) is 59.8 Å². The molecule has 0 aromatic carbocycles. The first-order valence-corrected chi connectivity index (χ1v) is 19.8. The summed E-state index contributed by atoms with van der Waals surface area (Å²) in [5.74, 6) is 16.5. The van der Waals surface area contributed by atoms with Gasteiger partial charge in [0.05, 0.1) is 0 Å². The summed E-state index contributed by atoms with van der Waals surface area (Å²) in [5.41, 5.74) is 0. The average molecular weight is 655 g/mol. The maximum atomic E-state index is 11.0.